The third-order valence-corrected chi connectivity index (χ3v) is 7.27. The van der Waals surface area contributed by atoms with E-state index in [0.717, 1.165) is 44.1 Å². The number of aromatic nitrogens is 4. The van der Waals surface area contributed by atoms with E-state index >= 15 is 0 Å². The lowest BCUT2D eigenvalue weighted by Gasteiger charge is -2.33. The molecule has 0 bridgehead atoms. The van der Waals surface area contributed by atoms with Crippen LogP contribution in [0.4, 0.5) is 4.39 Å². The molecular weight excluding hydrogens is 503 g/mol. The summed E-state index contributed by atoms with van der Waals surface area (Å²) < 4.78 is 24.8. The first-order valence-corrected chi connectivity index (χ1v) is 13.4. The van der Waals surface area contributed by atoms with Gasteiger partial charge < -0.3 is 19.7 Å². The van der Waals surface area contributed by atoms with Crippen LogP contribution >= 0.6 is 0 Å². The highest BCUT2D eigenvalue weighted by atomic mass is 19.1. The van der Waals surface area contributed by atoms with Crippen LogP contribution in [0.5, 0.6) is 5.75 Å². The number of tetrazole rings is 1. The Balaban J connectivity index is 1.41. The zero-order valence-corrected chi connectivity index (χ0v) is 22.0. The molecule has 2 fully saturated rings. The van der Waals surface area contributed by atoms with Crippen molar-refractivity contribution in [3.05, 3.63) is 59.9 Å². The molecule has 2 amide bonds. The number of nitrogens with zero attached hydrogens (tertiary/aromatic N) is 5. The average Bonchev–Trinajstić information content (AvgIpc) is 3.73. The fourth-order valence-corrected chi connectivity index (χ4v) is 5.20. The number of carbonyl (C=O) groups is 2. The SMILES string of the molecule is COc1ccc(-c2nnn(CC(=O)N(C[C@@H]3CCCO3)[C@H](C(=O)NC3CCCC3)c3ccc(F)cc3)n2)cc1. The Morgan fingerprint density at radius 1 is 1.10 bits per heavy atom. The maximum Gasteiger partial charge on any atom is 0.247 e. The number of ether oxygens (including phenoxy) is 2. The van der Waals surface area contributed by atoms with Gasteiger partial charge in [0.1, 0.15) is 24.2 Å². The summed E-state index contributed by atoms with van der Waals surface area (Å²) >= 11 is 0. The molecule has 0 spiro atoms. The van der Waals surface area contributed by atoms with E-state index in [1.165, 1.54) is 21.8 Å². The number of hydrogen-bond donors (Lipinski definition) is 1. The van der Waals surface area contributed by atoms with Crippen molar-refractivity contribution < 1.29 is 23.5 Å². The Bertz CT molecular complexity index is 1250. The second-order valence-electron chi connectivity index (χ2n) is 10.00. The number of carbonyl (C=O) groups excluding carboxylic acids is 2. The van der Waals surface area contributed by atoms with E-state index < -0.39 is 11.9 Å². The molecule has 0 unspecified atom stereocenters. The van der Waals surface area contributed by atoms with Gasteiger partial charge in [0.25, 0.3) is 0 Å². The van der Waals surface area contributed by atoms with Gasteiger partial charge in [0.15, 0.2) is 0 Å². The molecule has 5 rings (SSSR count). The first kappa shape index (κ1) is 26.7. The average molecular weight is 537 g/mol. The van der Waals surface area contributed by atoms with Crippen LogP contribution in [0.25, 0.3) is 11.4 Å². The topological polar surface area (TPSA) is 111 Å². The van der Waals surface area contributed by atoms with Crippen molar-refractivity contribution in [2.24, 2.45) is 0 Å². The van der Waals surface area contributed by atoms with Crippen molar-refractivity contribution in [3.8, 4) is 17.1 Å². The molecule has 2 aromatic carbocycles. The third-order valence-electron chi connectivity index (χ3n) is 7.27. The number of benzene rings is 2. The van der Waals surface area contributed by atoms with Gasteiger partial charge in [-0.2, -0.15) is 4.80 Å². The van der Waals surface area contributed by atoms with Crippen LogP contribution in [0, 0.1) is 5.82 Å². The van der Waals surface area contributed by atoms with Gasteiger partial charge in [-0.1, -0.05) is 25.0 Å². The standard InChI is InChI=1S/C28H33FN6O4/c1-38-23-14-10-20(11-15-23)27-31-33-35(32-27)18-25(36)34(17-24-7-4-16-39-24)26(19-8-12-21(29)13-9-19)28(37)30-22-5-2-3-6-22/h8-15,22,24,26H,2-7,16-18H2,1H3,(H,30,37)/t24-,26-/m0/s1. The van der Waals surface area contributed by atoms with Crippen molar-refractivity contribution in [3.63, 3.8) is 0 Å². The minimum atomic E-state index is -0.951. The summed E-state index contributed by atoms with van der Waals surface area (Å²) in [5.41, 5.74) is 1.26. The molecule has 2 aliphatic rings. The van der Waals surface area contributed by atoms with Gasteiger partial charge in [-0.25, -0.2) is 4.39 Å². The number of methoxy groups -OCH3 is 1. The number of hydrogen-bond acceptors (Lipinski definition) is 7. The summed E-state index contributed by atoms with van der Waals surface area (Å²) in [6.07, 6.45) is 5.38. The molecule has 1 aliphatic heterocycles. The van der Waals surface area contributed by atoms with Gasteiger partial charge in [-0.15, -0.1) is 10.2 Å². The first-order valence-electron chi connectivity index (χ1n) is 13.4. The van der Waals surface area contributed by atoms with E-state index in [-0.39, 0.29) is 37.0 Å². The molecule has 1 aromatic heterocycles. The van der Waals surface area contributed by atoms with Crippen LogP contribution in [-0.4, -0.2) is 69.3 Å². The smallest absolute Gasteiger partial charge is 0.247 e. The monoisotopic (exact) mass is 536 g/mol. The third kappa shape index (κ3) is 6.59. The molecule has 1 saturated heterocycles. The highest BCUT2D eigenvalue weighted by molar-refractivity contribution is 5.89. The Kier molecular flexibility index (Phi) is 8.45. The van der Waals surface area contributed by atoms with Crippen molar-refractivity contribution >= 4 is 11.8 Å². The Hall–Kier alpha value is -3.86. The van der Waals surface area contributed by atoms with Crippen LogP contribution in [-0.2, 0) is 20.9 Å². The Labute approximate surface area is 226 Å². The molecule has 1 aliphatic carbocycles. The Morgan fingerprint density at radius 3 is 2.51 bits per heavy atom. The van der Waals surface area contributed by atoms with E-state index in [9.17, 15) is 14.0 Å². The van der Waals surface area contributed by atoms with Crippen molar-refractivity contribution in [2.75, 3.05) is 20.3 Å². The summed E-state index contributed by atoms with van der Waals surface area (Å²) in [6.45, 7) is 0.612. The van der Waals surface area contributed by atoms with Gasteiger partial charge in [0, 0.05) is 24.8 Å². The summed E-state index contributed by atoms with van der Waals surface area (Å²) in [4.78, 5) is 30.3. The highest BCUT2D eigenvalue weighted by Gasteiger charge is 2.35. The lowest BCUT2D eigenvalue weighted by molar-refractivity contribution is -0.143. The number of nitrogens with one attached hydrogen (secondary N) is 1. The summed E-state index contributed by atoms with van der Waals surface area (Å²) in [7, 11) is 1.59. The van der Waals surface area contributed by atoms with E-state index in [2.05, 4.69) is 20.7 Å². The molecule has 10 nitrogen and oxygen atoms in total. The van der Waals surface area contributed by atoms with Crippen LogP contribution in [0.1, 0.15) is 50.1 Å². The molecule has 2 atom stereocenters. The minimum absolute atomic E-state index is 0.0594. The normalized spacial score (nSPS) is 18.2. The predicted octanol–water partition coefficient (Wildman–Crippen LogP) is 3.30. The molecule has 1 N–H and O–H groups in total. The number of rotatable bonds is 10. The molecule has 1 saturated carbocycles. The lowest BCUT2D eigenvalue weighted by Crippen LogP contribution is -2.49. The minimum Gasteiger partial charge on any atom is -0.497 e. The van der Waals surface area contributed by atoms with Gasteiger partial charge in [-0.05, 0) is 72.9 Å². The molecule has 39 heavy (non-hydrogen) atoms. The zero-order valence-electron chi connectivity index (χ0n) is 22.0. The van der Waals surface area contributed by atoms with Crippen LogP contribution < -0.4 is 10.1 Å². The second-order valence-corrected chi connectivity index (χ2v) is 10.00. The zero-order chi connectivity index (χ0) is 27.2. The summed E-state index contributed by atoms with van der Waals surface area (Å²) in [6, 6.07) is 12.0. The largest absolute Gasteiger partial charge is 0.497 e. The quantitative estimate of drug-likeness (QED) is 0.423. The van der Waals surface area contributed by atoms with Crippen molar-refractivity contribution in [1.82, 2.24) is 30.4 Å². The van der Waals surface area contributed by atoms with Crippen molar-refractivity contribution in [1.29, 1.82) is 0 Å². The molecular formula is C28H33FN6O4. The van der Waals surface area contributed by atoms with E-state index in [1.807, 2.05) is 12.1 Å². The molecule has 3 aromatic rings. The molecule has 2 heterocycles. The van der Waals surface area contributed by atoms with E-state index in [1.54, 1.807) is 31.4 Å². The van der Waals surface area contributed by atoms with E-state index in [0.29, 0.717) is 23.7 Å². The fourth-order valence-electron chi connectivity index (χ4n) is 5.20. The molecule has 11 heteroatoms. The van der Waals surface area contributed by atoms with Crippen LogP contribution in [0.3, 0.4) is 0 Å². The predicted molar refractivity (Wildman–Crippen MR) is 140 cm³/mol. The summed E-state index contributed by atoms with van der Waals surface area (Å²) in [5, 5.41) is 15.7. The molecule has 206 valence electrons. The van der Waals surface area contributed by atoms with Gasteiger partial charge in [0.05, 0.1) is 13.2 Å². The second kappa shape index (κ2) is 12.3. The van der Waals surface area contributed by atoms with Crippen LogP contribution in [0.15, 0.2) is 48.5 Å². The molecule has 0 radical (unpaired) electrons. The highest BCUT2D eigenvalue weighted by Crippen LogP contribution is 2.27. The van der Waals surface area contributed by atoms with E-state index in [4.69, 9.17) is 9.47 Å². The first-order chi connectivity index (χ1) is 19.0. The fraction of sp³-hybridized carbons (Fsp3) is 0.464. The van der Waals surface area contributed by atoms with Crippen molar-refractivity contribution in [2.45, 2.75) is 63.3 Å². The Morgan fingerprint density at radius 2 is 1.85 bits per heavy atom. The maximum absolute atomic E-state index is 13.8. The lowest BCUT2D eigenvalue weighted by atomic mass is 10.0. The summed E-state index contributed by atoms with van der Waals surface area (Å²) in [5.74, 6) is 0.00739. The number of halogens is 1. The van der Waals surface area contributed by atoms with Gasteiger partial charge >= 0.3 is 0 Å². The number of amides is 2. The van der Waals surface area contributed by atoms with Gasteiger partial charge in [0.2, 0.25) is 17.6 Å². The van der Waals surface area contributed by atoms with Gasteiger partial charge in [-0.3, -0.25) is 9.59 Å². The maximum atomic E-state index is 13.8. The van der Waals surface area contributed by atoms with Crippen LogP contribution in [0.2, 0.25) is 0 Å².